The Morgan fingerprint density at radius 3 is 2.21 bits per heavy atom. The molecule has 1 heterocycles. The molecule has 1 aliphatic rings. The number of hydrogen-bond donors (Lipinski definition) is 0. The predicted octanol–water partition coefficient (Wildman–Crippen LogP) is 2.59. The van der Waals surface area contributed by atoms with Gasteiger partial charge in [-0.1, -0.05) is 6.92 Å². The highest BCUT2D eigenvalue weighted by Gasteiger charge is 2.38. The molecule has 1 rings (SSSR count). The average molecular weight is 271 g/mol. The van der Waals surface area contributed by atoms with Crippen LogP contribution in [0.15, 0.2) is 0 Å². The molecular weight excluding hydrogens is 246 g/mol. The molecule has 0 aromatic heterocycles. The number of likely N-dealkylation sites (tertiary alicyclic amines) is 1. The monoisotopic (exact) mass is 271 g/mol. The van der Waals surface area contributed by atoms with Crippen LogP contribution in [0.3, 0.4) is 0 Å². The number of rotatable bonds is 3. The number of carbonyl (C=O) groups excluding carboxylic acids is 2. The number of piperidine rings is 1. The van der Waals surface area contributed by atoms with Gasteiger partial charge in [-0.25, -0.2) is 4.79 Å². The molecule has 1 amide bonds. The smallest absolute Gasteiger partial charge is 0.409 e. The maximum absolute atomic E-state index is 12.1. The molecule has 1 aliphatic heterocycles. The van der Waals surface area contributed by atoms with Crippen molar-refractivity contribution < 1.29 is 19.1 Å². The molecule has 0 aromatic rings. The van der Waals surface area contributed by atoms with Crippen LogP contribution >= 0.6 is 0 Å². The SMILES string of the molecule is CCC(C)(C)C(=O)OC1(C)CCN(C(=O)OC)CC1. The number of amides is 1. The van der Waals surface area contributed by atoms with E-state index in [4.69, 9.17) is 4.74 Å². The van der Waals surface area contributed by atoms with Crippen molar-refractivity contribution in [3.8, 4) is 0 Å². The summed E-state index contributed by atoms with van der Waals surface area (Å²) in [7, 11) is 1.37. The van der Waals surface area contributed by atoms with E-state index in [1.165, 1.54) is 7.11 Å². The summed E-state index contributed by atoms with van der Waals surface area (Å²) >= 11 is 0. The Hall–Kier alpha value is -1.26. The number of carbonyl (C=O) groups is 2. The van der Waals surface area contributed by atoms with Crippen LogP contribution in [0.2, 0.25) is 0 Å². The molecule has 5 heteroatoms. The summed E-state index contributed by atoms with van der Waals surface area (Å²) in [5.74, 6) is -0.163. The third kappa shape index (κ3) is 3.85. The van der Waals surface area contributed by atoms with Crippen molar-refractivity contribution in [3.63, 3.8) is 0 Å². The van der Waals surface area contributed by atoms with E-state index >= 15 is 0 Å². The van der Waals surface area contributed by atoms with Crippen LogP contribution in [0, 0.1) is 5.41 Å². The van der Waals surface area contributed by atoms with Gasteiger partial charge in [0.25, 0.3) is 0 Å². The number of ether oxygens (including phenoxy) is 2. The van der Waals surface area contributed by atoms with Gasteiger partial charge in [-0.15, -0.1) is 0 Å². The Morgan fingerprint density at radius 2 is 1.79 bits per heavy atom. The molecule has 0 atom stereocenters. The first-order valence-corrected chi connectivity index (χ1v) is 6.80. The van der Waals surface area contributed by atoms with Gasteiger partial charge in [0.05, 0.1) is 12.5 Å². The van der Waals surface area contributed by atoms with E-state index in [0.717, 1.165) is 6.42 Å². The minimum absolute atomic E-state index is 0.163. The van der Waals surface area contributed by atoms with E-state index in [0.29, 0.717) is 25.9 Å². The van der Waals surface area contributed by atoms with Crippen LogP contribution in [0.25, 0.3) is 0 Å². The normalized spacial score (nSPS) is 18.9. The molecule has 0 N–H and O–H groups in total. The Labute approximate surface area is 115 Å². The van der Waals surface area contributed by atoms with E-state index in [-0.39, 0.29) is 12.1 Å². The van der Waals surface area contributed by atoms with Gasteiger partial charge in [-0.2, -0.15) is 0 Å². The lowest BCUT2D eigenvalue weighted by atomic mass is 9.88. The fourth-order valence-electron chi connectivity index (χ4n) is 1.90. The van der Waals surface area contributed by atoms with E-state index < -0.39 is 11.0 Å². The average Bonchev–Trinajstić information content (AvgIpc) is 2.38. The quantitative estimate of drug-likeness (QED) is 0.740. The molecule has 1 saturated heterocycles. The number of nitrogens with zero attached hydrogens (tertiary/aromatic N) is 1. The van der Waals surface area contributed by atoms with Crippen LogP contribution in [0.4, 0.5) is 4.79 Å². The molecule has 0 aromatic carbocycles. The topological polar surface area (TPSA) is 55.8 Å². The molecule has 0 radical (unpaired) electrons. The van der Waals surface area contributed by atoms with E-state index in [1.807, 2.05) is 27.7 Å². The van der Waals surface area contributed by atoms with Crippen molar-refractivity contribution in [2.45, 2.75) is 52.6 Å². The lowest BCUT2D eigenvalue weighted by molar-refractivity contribution is -0.173. The van der Waals surface area contributed by atoms with E-state index in [9.17, 15) is 9.59 Å². The molecule has 19 heavy (non-hydrogen) atoms. The fraction of sp³-hybridized carbons (Fsp3) is 0.857. The highest BCUT2D eigenvalue weighted by atomic mass is 16.6. The lowest BCUT2D eigenvalue weighted by Crippen LogP contribution is -2.48. The molecule has 0 saturated carbocycles. The van der Waals surface area contributed by atoms with Gasteiger partial charge in [-0.3, -0.25) is 4.79 Å². The number of esters is 1. The van der Waals surface area contributed by atoms with Gasteiger partial charge in [0.2, 0.25) is 0 Å². The Morgan fingerprint density at radius 1 is 1.26 bits per heavy atom. The predicted molar refractivity (Wildman–Crippen MR) is 71.8 cm³/mol. The first kappa shape index (κ1) is 15.8. The maximum atomic E-state index is 12.1. The third-order valence-electron chi connectivity index (χ3n) is 4.03. The van der Waals surface area contributed by atoms with Crippen LogP contribution in [0.1, 0.15) is 47.0 Å². The van der Waals surface area contributed by atoms with E-state index in [1.54, 1.807) is 4.90 Å². The standard InChI is InChI=1S/C14H25NO4/c1-6-13(2,3)11(16)19-14(4)7-9-15(10-8-14)12(17)18-5/h6-10H2,1-5H3. The van der Waals surface area contributed by atoms with Crippen molar-refractivity contribution in [2.24, 2.45) is 5.41 Å². The second-order valence-corrected chi connectivity index (χ2v) is 6.03. The summed E-state index contributed by atoms with van der Waals surface area (Å²) in [6, 6.07) is 0. The summed E-state index contributed by atoms with van der Waals surface area (Å²) in [5, 5.41) is 0. The van der Waals surface area contributed by atoms with E-state index in [2.05, 4.69) is 4.74 Å². The van der Waals surface area contributed by atoms with Crippen molar-refractivity contribution >= 4 is 12.1 Å². The summed E-state index contributed by atoms with van der Waals surface area (Å²) in [5.41, 5.74) is -0.934. The molecule has 1 fully saturated rings. The Kier molecular flexibility index (Phi) is 4.82. The second kappa shape index (κ2) is 5.80. The van der Waals surface area contributed by atoms with Gasteiger partial charge >= 0.3 is 12.1 Å². The van der Waals surface area contributed by atoms with Crippen molar-refractivity contribution in [1.29, 1.82) is 0 Å². The zero-order valence-electron chi connectivity index (χ0n) is 12.6. The van der Waals surface area contributed by atoms with Crippen molar-refractivity contribution in [2.75, 3.05) is 20.2 Å². The molecular formula is C14H25NO4. The summed E-state index contributed by atoms with van der Waals surface area (Å²) in [4.78, 5) is 25.2. The first-order valence-electron chi connectivity index (χ1n) is 6.80. The molecule has 0 bridgehead atoms. The Balaban J connectivity index is 2.57. The van der Waals surface area contributed by atoms with Crippen molar-refractivity contribution in [1.82, 2.24) is 4.90 Å². The van der Waals surface area contributed by atoms with Gasteiger partial charge < -0.3 is 14.4 Å². The highest BCUT2D eigenvalue weighted by Crippen LogP contribution is 2.31. The number of methoxy groups -OCH3 is 1. The van der Waals surface area contributed by atoms with Crippen LogP contribution in [-0.4, -0.2) is 42.8 Å². The van der Waals surface area contributed by atoms with Crippen LogP contribution in [0.5, 0.6) is 0 Å². The maximum Gasteiger partial charge on any atom is 0.409 e. The molecule has 0 aliphatic carbocycles. The van der Waals surface area contributed by atoms with Gasteiger partial charge in [0, 0.05) is 25.9 Å². The minimum Gasteiger partial charge on any atom is -0.459 e. The largest absolute Gasteiger partial charge is 0.459 e. The zero-order chi connectivity index (χ0) is 14.7. The van der Waals surface area contributed by atoms with Gasteiger partial charge in [0.15, 0.2) is 0 Å². The Bertz CT molecular complexity index is 343. The summed E-state index contributed by atoms with van der Waals surface area (Å²) < 4.78 is 10.4. The highest BCUT2D eigenvalue weighted by molar-refractivity contribution is 5.76. The molecule has 110 valence electrons. The lowest BCUT2D eigenvalue weighted by Gasteiger charge is -2.39. The molecule has 0 unspecified atom stereocenters. The van der Waals surface area contributed by atoms with Gasteiger partial charge in [0.1, 0.15) is 5.60 Å². The molecule has 5 nitrogen and oxygen atoms in total. The summed E-state index contributed by atoms with van der Waals surface area (Å²) in [6.45, 7) is 8.81. The molecule has 0 spiro atoms. The van der Waals surface area contributed by atoms with Crippen LogP contribution in [-0.2, 0) is 14.3 Å². The first-order chi connectivity index (χ1) is 8.74. The second-order valence-electron chi connectivity index (χ2n) is 6.03. The summed E-state index contributed by atoms with van der Waals surface area (Å²) in [6.07, 6.45) is 1.72. The zero-order valence-corrected chi connectivity index (χ0v) is 12.6. The fourth-order valence-corrected chi connectivity index (χ4v) is 1.90. The van der Waals surface area contributed by atoms with Crippen LogP contribution < -0.4 is 0 Å². The minimum atomic E-state index is -0.478. The van der Waals surface area contributed by atoms with Gasteiger partial charge in [-0.05, 0) is 27.2 Å². The van der Waals surface area contributed by atoms with Crippen molar-refractivity contribution in [3.05, 3.63) is 0 Å². The third-order valence-corrected chi connectivity index (χ3v) is 4.03. The number of hydrogen-bond acceptors (Lipinski definition) is 4.